The van der Waals surface area contributed by atoms with Crippen LogP contribution >= 0.6 is 0 Å². The number of likely N-dealkylation sites (tertiary alicyclic amines) is 1. The summed E-state index contributed by atoms with van der Waals surface area (Å²) in [5.74, 6) is 0. The molecule has 2 aliphatic heterocycles. The van der Waals surface area contributed by atoms with Crippen molar-refractivity contribution in [3.05, 3.63) is 0 Å². The van der Waals surface area contributed by atoms with Gasteiger partial charge in [-0.3, -0.25) is 4.90 Å². The molecule has 94 valence electrons. The Labute approximate surface area is 99.3 Å². The van der Waals surface area contributed by atoms with Gasteiger partial charge in [-0.05, 0) is 51.6 Å². The van der Waals surface area contributed by atoms with Crippen LogP contribution in [-0.4, -0.2) is 43.3 Å². The summed E-state index contributed by atoms with van der Waals surface area (Å²) in [6.07, 6.45) is 9.65. The smallest absolute Gasteiger partial charge is 0.0576 e. The average Bonchev–Trinajstić information content (AvgIpc) is 2.83. The summed E-state index contributed by atoms with van der Waals surface area (Å²) in [5, 5.41) is 0. The fourth-order valence-corrected chi connectivity index (χ4v) is 3.02. The number of ether oxygens (including phenoxy) is 1. The third-order valence-electron chi connectivity index (χ3n) is 4.02. The lowest BCUT2D eigenvalue weighted by Crippen LogP contribution is -2.44. The van der Waals surface area contributed by atoms with Crippen LogP contribution in [0, 0.1) is 0 Å². The van der Waals surface area contributed by atoms with E-state index in [4.69, 9.17) is 10.5 Å². The van der Waals surface area contributed by atoms with Gasteiger partial charge in [0.25, 0.3) is 0 Å². The van der Waals surface area contributed by atoms with E-state index < -0.39 is 0 Å². The minimum Gasteiger partial charge on any atom is -0.378 e. The van der Waals surface area contributed by atoms with Gasteiger partial charge in [0, 0.05) is 19.2 Å². The molecule has 2 fully saturated rings. The van der Waals surface area contributed by atoms with Gasteiger partial charge in [-0.2, -0.15) is 0 Å². The van der Waals surface area contributed by atoms with Gasteiger partial charge in [0.2, 0.25) is 0 Å². The van der Waals surface area contributed by atoms with Crippen LogP contribution in [0.2, 0.25) is 0 Å². The highest BCUT2D eigenvalue weighted by atomic mass is 16.5. The van der Waals surface area contributed by atoms with Crippen molar-refractivity contribution >= 4 is 0 Å². The Hall–Kier alpha value is -0.120. The number of hydrogen-bond donors (Lipinski definition) is 1. The molecule has 0 bridgehead atoms. The minimum atomic E-state index is 0.557. The Morgan fingerprint density at radius 1 is 1.19 bits per heavy atom. The van der Waals surface area contributed by atoms with E-state index in [1.54, 1.807) is 0 Å². The third kappa shape index (κ3) is 3.44. The molecule has 0 aliphatic carbocycles. The maximum atomic E-state index is 5.82. The molecule has 0 radical (unpaired) electrons. The van der Waals surface area contributed by atoms with E-state index >= 15 is 0 Å². The lowest BCUT2D eigenvalue weighted by atomic mass is 10.0. The van der Waals surface area contributed by atoms with Crippen LogP contribution < -0.4 is 5.73 Å². The molecule has 0 amide bonds. The summed E-state index contributed by atoms with van der Waals surface area (Å²) >= 11 is 0. The molecule has 0 aromatic rings. The van der Waals surface area contributed by atoms with Gasteiger partial charge < -0.3 is 10.5 Å². The first-order chi connectivity index (χ1) is 7.90. The summed E-state index contributed by atoms with van der Waals surface area (Å²) < 4.78 is 5.65. The van der Waals surface area contributed by atoms with Crippen molar-refractivity contribution in [2.45, 2.75) is 57.1 Å². The molecule has 2 rings (SSSR count). The maximum Gasteiger partial charge on any atom is 0.0576 e. The number of piperidine rings is 1. The van der Waals surface area contributed by atoms with E-state index in [0.29, 0.717) is 12.1 Å². The average molecular weight is 226 g/mol. The predicted molar refractivity (Wildman–Crippen MR) is 66.5 cm³/mol. The van der Waals surface area contributed by atoms with E-state index in [0.717, 1.165) is 13.2 Å². The molecule has 2 unspecified atom stereocenters. The molecule has 2 atom stereocenters. The van der Waals surface area contributed by atoms with E-state index in [9.17, 15) is 0 Å². The first-order valence-corrected chi connectivity index (χ1v) is 6.96. The van der Waals surface area contributed by atoms with Crippen molar-refractivity contribution in [3.63, 3.8) is 0 Å². The monoisotopic (exact) mass is 226 g/mol. The fraction of sp³-hybridized carbons (Fsp3) is 1.00. The first kappa shape index (κ1) is 12.3. The zero-order valence-corrected chi connectivity index (χ0v) is 10.4. The normalized spacial score (nSPS) is 32.1. The van der Waals surface area contributed by atoms with Crippen molar-refractivity contribution in [2.75, 3.05) is 26.2 Å². The Morgan fingerprint density at radius 3 is 2.88 bits per heavy atom. The zero-order valence-electron chi connectivity index (χ0n) is 10.4. The summed E-state index contributed by atoms with van der Waals surface area (Å²) in [6, 6.07) is 0.651. The van der Waals surface area contributed by atoms with Gasteiger partial charge >= 0.3 is 0 Å². The van der Waals surface area contributed by atoms with Crippen LogP contribution in [0.25, 0.3) is 0 Å². The highest BCUT2D eigenvalue weighted by Crippen LogP contribution is 2.20. The molecule has 0 saturated carbocycles. The Balaban J connectivity index is 1.63. The molecule has 2 aliphatic rings. The summed E-state index contributed by atoms with van der Waals surface area (Å²) in [7, 11) is 0. The van der Waals surface area contributed by atoms with Gasteiger partial charge in [-0.1, -0.05) is 6.42 Å². The summed E-state index contributed by atoms with van der Waals surface area (Å²) in [4.78, 5) is 2.60. The second-order valence-corrected chi connectivity index (χ2v) is 5.20. The molecule has 2 heterocycles. The highest BCUT2D eigenvalue weighted by Gasteiger charge is 2.21. The number of rotatable bonds is 5. The van der Waals surface area contributed by atoms with E-state index in [-0.39, 0.29) is 0 Å². The van der Waals surface area contributed by atoms with Crippen molar-refractivity contribution in [3.8, 4) is 0 Å². The van der Waals surface area contributed by atoms with Crippen molar-refractivity contribution in [1.82, 2.24) is 4.90 Å². The lowest BCUT2D eigenvalue weighted by Gasteiger charge is -2.35. The second kappa shape index (κ2) is 6.58. The van der Waals surface area contributed by atoms with Gasteiger partial charge in [0.05, 0.1) is 6.10 Å². The van der Waals surface area contributed by atoms with Crippen LogP contribution in [0.3, 0.4) is 0 Å². The molecule has 16 heavy (non-hydrogen) atoms. The van der Waals surface area contributed by atoms with E-state index in [1.807, 2.05) is 0 Å². The zero-order chi connectivity index (χ0) is 11.2. The molecule has 0 aromatic carbocycles. The van der Waals surface area contributed by atoms with Gasteiger partial charge in [-0.25, -0.2) is 0 Å². The SMILES string of the molecule is NCC1CCCCN1CCCC1CCCO1. The second-order valence-electron chi connectivity index (χ2n) is 5.20. The van der Waals surface area contributed by atoms with Crippen LogP contribution in [0.15, 0.2) is 0 Å². The molecule has 2 saturated heterocycles. The van der Waals surface area contributed by atoms with Crippen LogP contribution in [-0.2, 0) is 4.74 Å². The van der Waals surface area contributed by atoms with Crippen LogP contribution in [0.4, 0.5) is 0 Å². The Morgan fingerprint density at radius 2 is 2.12 bits per heavy atom. The lowest BCUT2D eigenvalue weighted by molar-refractivity contribution is 0.0919. The van der Waals surface area contributed by atoms with Crippen molar-refractivity contribution in [1.29, 1.82) is 0 Å². The highest BCUT2D eigenvalue weighted by molar-refractivity contribution is 4.78. The maximum absolute atomic E-state index is 5.82. The fourth-order valence-electron chi connectivity index (χ4n) is 3.02. The molecular weight excluding hydrogens is 200 g/mol. The number of nitrogens with zero attached hydrogens (tertiary/aromatic N) is 1. The van der Waals surface area contributed by atoms with Crippen molar-refractivity contribution < 1.29 is 4.74 Å². The van der Waals surface area contributed by atoms with Gasteiger partial charge in [0.1, 0.15) is 0 Å². The third-order valence-corrected chi connectivity index (χ3v) is 4.02. The summed E-state index contributed by atoms with van der Waals surface area (Å²) in [5.41, 5.74) is 5.82. The van der Waals surface area contributed by atoms with E-state index in [2.05, 4.69) is 4.90 Å². The molecule has 0 spiro atoms. The quantitative estimate of drug-likeness (QED) is 0.776. The van der Waals surface area contributed by atoms with Gasteiger partial charge in [-0.15, -0.1) is 0 Å². The number of nitrogens with two attached hydrogens (primary N) is 1. The molecule has 0 aromatic heterocycles. The summed E-state index contributed by atoms with van der Waals surface area (Å²) in [6.45, 7) is 4.30. The Bertz CT molecular complexity index is 192. The van der Waals surface area contributed by atoms with Crippen LogP contribution in [0.5, 0.6) is 0 Å². The first-order valence-electron chi connectivity index (χ1n) is 6.96. The molecule has 3 heteroatoms. The standard InChI is InChI=1S/C13H26N2O/c14-11-12-5-1-2-8-15(12)9-3-6-13-7-4-10-16-13/h12-13H,1-11,14H2. The van der Waals surface area contributed by atoms with Gasteiger partial charge in [0.15, 0.2) is 0 Å². The Kier molecular flexibility index (Phi) is 5.07. The van der Waals surface area contributed by atoms with Crippen LogP contribution in [0.1, 0.15) is 44.9 Å². The van der Waals surface area contributed by atoms with E-state index in [1.165, 1.54) is 58.0 Å². The molecule has 2 N–H and O–H groups in total. The predicted octanol–water partition coefficient (Wildman–Crippen LogP) is 1.76. The minimum absolute atomic E-state index is 0.557. The molecule has 3 nitrogen and oxygen atoms in total. The number of hydrogen-bond acceptors (Lipinski definition) is 3. The largest absolute Gasteiger partial charge is 0.378 e. The topological polar surface area (TPSA) is 38.5 Å². The van der Waals surface area contributed by atoms with Crippen molar-refractivity contribution in [2.24, 2.45) is 5.73 Å². The molecular formula is C13H26N2O.